The molecule has 144 valence electrons. The number of nitro groups is 1. The number of amides is 1. The summed E-state index contributed by atoms with van der Waals surface area (Å²) in [5, 5.41) is 16.2. The molecule has 3 rings (SSSR count). The highest BCUT2D eigenvalue weighted by atomic mass is 16.6. The lowest BCUT2D eigenvalue weighted by Crippen LogP contribution is -2.31. The van der Waals surface area contributed by atoms with Crippen molar-refractivity contribution in [2.45, 2.75) is 13.0 Å². The van der Waals surface area contributed by atoms with E-state index in [9.17, 15) is 14.9 Å². The molecule has 1 amide bonds. The molecule has 0 fully saturated rings. The first-order valence-electron chi connectivity index (χ1n) is 8.72. The van der Waals surface area contributed by atoms with Gasteiger partial charge in [-0.15, -0.1) is 0 Å². The highest BCUT2D eigenvalue weighted by Gasteiger charge is 2.18. The molecule has 0 saturated heterocycles. The Morgan fingerprint density at radius 1 is 1.14 bits per heavy atom. The Balaban J connectivity index is 1.68. The summed E-state index contributed by atoms with van der Waals surface area (Å²) in [7, 11) is 1.42. The highest BCUT2D eigenvalue weighted by molar-refractivity contribution is 5.87. The summed E-state index contributed by atoms with van der Waals surface area (Å²) in [4.78, 5) is 22.9. The van der Waals surface area contributed by atoms with Gasteiger partial charge in [-0.25, -0.2) is 0 Å². The van der Waals surface area contributed by atoms with E-state index in [1.807, 2.05) is 49.4 Å². The fraction of sp³-hybridized carbons (Fsp3) is 0.190. The van der Waals surface area contributed by atoms with Crippen molar-refractivity contribution in [2.75, 3.05) is 13.7 Å². The van der Waals surface area contributed by atoms with E-state index in [1.165, 1.54) is 19.2 Å². The van der Waals surface area contributed by atoms with Gasteiger partial charge in [0.05, 0.1) is 24.1 Å². The summed E-state index contributed by atoms with van der Waals surface area (Å²) in [5.74, 6) is -0.0163. The molecular formula is C21H20N2O5. The van der Waals surface area contributed by atoms with Gasteiger partial charge in [0.1, 0.15) is 5.75 Å². The Kier molecular flexibility index (Phi) is 5.74. The van der Waals surface area contributed by atoms with Crippen molar-refractivity contribution >= 4 is 22.4 Å². The van der Waals surface area contributed by atoms with E-state index in [0.29, 0.717) is 5.75 Å². The number of hydrogen-bond donors (Lipinski definition) is 1. The molecule has 0 bridgehead atoms. The quantitative estimate of drug-likeness (QED) is 0.494. The van der Waals surface area contributed by atoms with Crippen molar-refractivity contribution in [3.05, 3.63) is 76.3 Å². The van der Waals surface area contributed by atoms with Crippen LogP contribution in [0.2, 0.25) is 0 Å². The molecule has 3 aromatic carbocycles. The van der Waals surface area contributed by atoms with E-state index in [4.69, 9.17) is 9.47 Å². The molecule has 0 heterocycles. The lowest BCUT2D eigenvalue weighted by atomic mass is 10.00. The van der Waals surface area contributed by atoms with Crippen molar-refractivity contribution in [1.82, 2.24) is 5.32 Å². The van der Waals surface area contributed by atoms with Gasteiger partial charge in [-0.1, -0.05) is 42.5 Å². The van der Waals surface area contributed by atoms with Gasteiger partial charge in [0.15, 0.2) is 12.4 Å². The van der Waals surface area contributed by atoms with Crippen LogP contribution in [0.3, 0.4) is 0 Å². The third-order valence-electron chi connectivity index (χ3n) is 4.39. The van der Waals surface area contributed by atoms with Crippen molar-refractivity contribution in [3.63, 3.8) is 0 Å². The van der Waals surface area contributed by atoms with Gasteiger partial charge in [-0.2, -0.15) is 0 Å². The molecule has 0 aliphatic rings. The van der Waals surface area contributed by atoms with Crippen LogP contribution in [0.4, 0.5) is 5.69 Å². The van der Waals surface area contributed by atoms with Gasteiger partial charge in [0, 0.05) is 0 Å². The van der Waals surface area contributed by atoms with Crippen LogP contribution in [-0.2, 0) is 4.79 Å². The zero-order valence-electron chi connectivity index (χ0n) is 15.5. The maximum absolute atomic E-state index is 12.3. The maximum Gasteiger partial charge on any atom is 0.314 e. The van der Waals surface area contributed by atoms with Gasteiger partial charge < -0.3 is 14.8 Å². The molecule has 3 aromatic rings. The molecule has 1 N–H and O–H groups in total. The van der Waals surface area contributed by atoms with Crippen molar-refractivity contribution in [2.24, 2.45) is 0 Å². The van der Waals surface area contributed by atoms with Gasteiger partial charge in [0.25, 0.3) is 5.91 Å². The number of rotatable bonds is 7. The van der Waals surface area contributed by atoms with Crippen LogP contribution in [0.25, 0.3) is 10.8 Å². The maximum atomic E-state index is 12.3. The zero-order chi connectivity index (χ0) is 20.1. The number of carbonyl (C=O) groups excluding carboxylic acids is 1. The second kappa shape index (κ2) is 8.39. The minimum atomic E-state index is -0.575. The summed E-state index contributed by atoms with van der Waals surface area (Å²) in [6.45, 7) is 1.55. The number of methoxy groups -OCH3 is 1. The van der Waals surface area contributed by atoms with Crippen LogP contribution < -0.4 is 14.8 Å². The molecule has 0 aromatic heterocycles. The second-order valence-corrected chi connectivity index (χ2v) is 6.24. The van der Waals surface area contributed by atoms with Gasteiger partial charge in [-0.3, -0.25) is 14.9 Å². The standard InChI is InChI=1S/C21H20N2O5/c1-14(17-9-5-7-15-6-3-4-8-18(15)17)22-21(24)13-28-20-11-10-16(27-2)12-19(20)23(25)26/h3-12,14H,13H2,1-2H3,(H,22,24)/t14-/m1/s1. The first-order chi connectivity index (χ1) is 13.5. The fourth-order valence-electron chi connectivity index (χ4n) is 3.02. The number of ether oxygens (including phenoxy) is 2. The number of hydrogen-bond acceptors (Lipinski definition) is 5. The summed E-state index contributed by atoms with van der Waals surface area (Å²) in [6.07, 6.45) is 0. The number of nitrogens with one attached hydrogen (secondary N) is 1. The average molecular weight is 380 g/mol. The minimum absolute atomic E-state index is 0.0127. The molecule has 0 saturated carbocycles. The first-order valence-corrected chi connectivity index (χ1v) is 8.72. The molecule has 0 spiro atoms. The Hall–Kier alpha value is -3.61. The molecule has 0 unspecified atom stereocenters. The van der Waals surface area contributed by atoms with E-state index in [-0.39, 0.29) is 30.0 Å². The predicted molar refractivity (Wildman–Crippen MR) is 106 cm³/mol. The van der Waals surface area contributed by atoms with Crippen molar-refractivity contribution in [3.8, 4) is 11.5 Å². The molecule has 0 radical (unpaired) electrons. The average Bonchev–Trinajstić information content (AvgIpc) is 2.71. The van der Waals surface area contributed by atoms with Crippen molar-refractivity contribution in [1.29, 1.82) is 0 Å². The SMILES string of the molecule is COc1ccc(OCC(=O)N[C@H](C)c2cccc3ccccc23)c([N+](=O)[O-])c1. The summed E-state index contributed by atoms with van der Waals surface area (Å²) in [6, 6.07) is 17.8. The molecule has 7 nitrogen and oxygen atoms in total. The Labute approximate surface area is 162 Å². The Bertz CT molecular complexity index is 1010. The second-order valence-electron chi connectivity index (χ2n) is 6.24. The molecule has 7 heteroatoms. The largest absolute Gasteiger partial charge is 0.496 e. The molecular weight excluding hydrogens is 360 g/mol. The van der Waals surface area contributed by atoms with Crippen LogP contribution >= 0.6 is 0 Å². The predicted octanol–water partition coefficient (Wildman–Crippen LogP) is 4.01. The van der Waals surface area contributed by atoms with Gasteiger partial charge in [-0.05, 0) is 35.4 Å². The zero-order valence-corrected chi connectivity index (χ0v) is 15.5. The van der Waals surface area contributed by atoms with E-state index in [1.54, 1.807) is 6.07 Å². The number of carbonyl (C=O) groups is 1. The van der Waals surface area contributed by atoms with Gasteiger partial charge >= 0.3 is 5.69 Å². The summed E-state index contributed by atoms with van der Waals surface area (Å²) < 4.78 is 10.4. The normalized spacial score (nSPS) is 11.6. The number of fused-ring (bicyclic) bond motifs is 1. The van der Waals surface area contributed by atoms with Crippen LogP contribution in [0.1, 0.15) is 18.5 Å². The Morgan fingerprint density at radius 2 is 1.89 bits per heavy atom. The van der Waals surface area contributed by atoms with E-state index in [2.05, 4.69) is 5.32 Å². The fourth-order valence-corrected chi connectivity index (χ4v) is 3.02. The van der Waals surface area contributed by atoms with Crippen molar-refractivity contribution < 1.29 is 19.2 Å². The smallest absolute Gasteiger partial charge is 0.314 e. The topological polar surface area (TPSA) is 90.7 Å². The first kappa shape index (κ1) is 19.2. The van der Waals surface area contributed by atoms with Crippen LogP contribution in [0.5, 0.6) is 11.5 Å². The molecule has 0 aliphatic carbocycles. The number of benzene rings is 3. The third kappa shape index (κ3) is 4.20. The van der Waals surface area contributed by atoms with Crippen LogP contribution in [0, 0.1) is 10.1 Å². The van der Waals surface area contributed by atoms with Crippen LogP contribution in [-0.4, -0.2) is 24.5 Å². The summed E-state index contributed by atoms with van der Waals surface area (Å²) >= 11 is 0. The monoisotopic (exact) mass is 380 g/mol. The molecule has 0 aliphatic heterocycles. The van der Waals surface area contributed by atoms with E-state index >= 15 is 0 Å². The molecule has 28 heavy (non-hydrogen) atoms. The lowest BCUT2D eigenvalue weighted by Gasteiger charge is -2.17. The minimum Gasteiger partial charge on any atom is -0.496 e. The van der Waals surface area contributed by atoms with Crippen LogP contribution in [0.15, 0.2) is 60.7 Å². The Morgan fingerprint density at radius 3 is 2.64 bits per heavy atom. The number of nitrogens with zero attached hydrogens (tertiary/aromatic N) is 1. The molecule has 1 atom stereocenters. The van der Waals surface area contributed by atoms with E-state index in [0.717, 1.165) is 16.3 Å². The van der Waals surface area contributed by atoms with E-state index < -0.39 is 4.92 Å². The lowest BCUT2D eigenvalue weighted by molar-refractivity contribution is -0.385. The summed E-state index contributed by atoms with van der Waals surface area (Å²) in [5.41, 5.74) is 0.733. The highest BCUT2D eigenvalue weighted by Crippen LogP contribution is 2.31. The number of nitro benzene ring substituents is 1. The third-order valence-corrected chi connectivity index (χ3v) is 4.39. The van der Waals surface area contributed by atoms with Gasteiger partial charge in [0.2, 0.25) is 0 Å².